The number of aromatic nitrogens is 2. The summed E-state index contributed by atoms with van der Waals surface area (Å²) in [5.41, 5.74) is 3.61. The number of anilines is 1. The molecule has 2 aromatic rings. The monoisotopic (exact) mass is 344 g/mol. The summed E-state index contributed by atoms with van der Waals surface area (Å²) < 4.78 is 1.03. The van der Waals surface area contributed by atoms with E-state index in [0.717, 1.165) is 34.1 Å². The first-order valence-electron chi connectivity index (χ1n) is 6.97. The molecule has 0 aliphatic rings. The Bertz CT molecular complexity index is 676. The molecule has 108 valence electrons. The van der Waals surface area contributed by atoms with E-state index in [1.807, 2.05) is 38.1 Å². The van der Waals surface area contributed by atoms with Crippen LogP contribution in [0.2, 0.25) is 0 Å². The molecule has 0 amide bonds. The van der Waals surface area contributed by atoms with Crippen LogP contribution >= 0.6 is 15.9 Å². The Kier molecular flexibility index (Phi) is 5.29. The van der Waals surface area contributed by atoms with Gasteiger partial charge in [-0.2, -0.15) is 10.4 Å². The van der Waals surface area contributed by atoms with E-state index in [0.29, 0.717) is 17.9 Å². The van der Waals surface area contributed by atoms with Gasteiger partial charge in [0, 0.05) is 11.0 Å². The number of halogens is 1. The molecule has 0 atom stereocenters. The Morgan fingerprint density at radius 3 is 2.57 bits per heavy atom. The quantitative estimate of drug-likeness (QED) is 0.894. The van der Waals surface area contributed by atoms with Gasteiger partial charge in [0.2, 0.25) is 0 Å². The SMILES string of the molecule is CCc1nnc(NCc2ccccc2Br)c(C#N)c1CC. The van der Waals surface area contributed by atoms with Crippen LogP contribution in [0.15, 0.2) is 28.7 Å². The molecule has 4 nitrogen and oxygen atoms in total. The average Bonchev–Trinajstić information content (AvgIpc) is 2.52. The van der Waals surface area contributed by atoms with E-state index >= 15 is 0 Å². The first kappa shape index (κ1) is 15.5. The molecule has 21 heavy (non-hydrogen) atoms. The molecule has 0 spiro atoms. The fraction of sp³-hybridized carbons (Fsp3) is 0.312. The van der Waals surface area contributed by atoms with Gasteiger partial charge in [-0.3, -0.25) is 0 Å². The van der Waals surface area contributed by atoms with E-state index in [9.17, 15) is 5.26 Å². The van der Waals surface area contributed by atoms with Crippen LogP contribution in [0.5, 0.6) is 0 Å². The van der Waals surface area contributed by atoms with E-state index < -0.39 is 0 Å². The first-order valence-corrected chi connectivity index (χ1v) is 7.76. The van der Waals surface area contributed by atoms with E-state index in [4.69, 9.17) is 0 Å². The molecule has 0 aliphatic carbocycles. The minimum Gasteiger partial charge on any atom is -0.363 e. The summed E-state index contributed by atoms with van der Waals surface area (Å²) in [6, 6.07) is 10.2. The molecule has 1 N–H and O–H groups in total. The predicted octanol–water partition coefficient (Wildman–Crippen LogP) is 3.85. The second-order valence-electron chi connectivity index (χ2n) is 4.61. The number of hydrogen-bond acceptors (Lipinski definition) is 4. The van der Waals surface area contributed by atoms with Gasteiger partial charge in [-0.25, -0.2) is 0 Å². The molecule has 0 saturated carbocycles. The topological polar surface area (TPSA) is 61.6 Å². The zero-order valence-corrected chi connectivity index (χ0v) is 13.7. The Balaban J connectivity index is 2.29. The van der Waals surface area contributed by atoms with Crippen LogP contribution < -0.4 is 5.32 Å². The largest absolute Gasteiger partial charge is 0.363 e. The normalized spacial score (nSPS) is 10.2. The number of nitrogens with zero attached hydrogens (tertiary/aromatic N) is 3. The van der Waals surface area contributed by atoms with Gasteiger partial charge in [0.15, 0.2) is 5.82 Å². The highest BCUT2D eigenvalue weighted by Gasteiger charge is 2.14. The first-order chi connectivity index (χ1) is 10.2. The lowest BCUT2D eigenvalue weighted by Gasteiger charge is -2.12. The Morgan fingerprint density at radius 2 is 1.95 bits per heavy atom. The Hall–Kier alpha value is -1.93. The van der Waals surface area contributed by atoms with Crippen molar-refractivity contribution in [2.45, 2.75) is 33.2 Å². The highest BCUT2D eigenvalue weighted by atomic mass is 79.9. The van der Waals surface area contributed by atoms with E-state index in [1.165, 1.54) is 0 Å². The van der Waals surface area contributed by atoms with Crippen molar-refractivity contribution in [1.29, 1.82) is 5.26 Å². The van der Waals surface area contributed by atoms with Crippen molar-refractivity contribution in [1.82, 2.24) is 10.2 Å². The third kappa shape index (κ3) is 3.40. The maximum absolute atomic E-state index is 9.44. The summed E-state index contributed by atoms with van der Waals surface area (Å²) in [6.45, 7) is 4.66. The van der Waals surface area contributed by atoms with Crippen molar-refractivity contribution >= 4 is 21.7 Å². The number of aryl methyl sites for hydroxylation is 1. The van der Waals surface area contributed by atoms with Crippen molar-refractivity contribution in [3.63, 3.8) is 0 Å². The lowest BCUT2D eigenvalue weighted by Crippen LogP contribution is -2.10. The van der Waals surface area contributed by atoms with Gasteiger partial charge in [-0.15, -0.1) is 5.10 Å². The van der Waals surface area contributed by atoms with Crippen LogP contribution in [-0.4, -0.2) is 10.2 Å². The van der Waals surface area contributed by atoms with Crippen molar-refractivity contribution in [3.8, 4) is 6.07 Å². The fourth-order valence-electron chi connectivity index (χ4n) is 2.24. The summed E-state index contributed by atoms with van der Waals surface area (Å²) in [7, 11) is 0. The second-order valence-corrected chi connectivity index (χ2v) is 5.47. The zero-order chi connectivity index (χ0) is 15.2. The van der Waals surface area contributed by atoms with Crippen LogP contribution in [0, 0.1) is 11.3 Å². The van der Waals surface area contributed by atoms with Gasteiger partial charge in [0.1, 0.15) is 11.6 Å². The zero-order valence-electron chi connectivity index (χ0n) is 12.2. The summed E-state index contributed by atoms with van der Waals surface area (Å²) >= 11 is 3.52. The summed E-state index contributed by atoms with van der Waals surface area (Å²) in [6.07, 6.45) is 1.57. The van der Waals surface area contributed by atoms with E-state index in [1.54, 1.807) is 0 Å². The minimum absolute atomic E-state index is 0.558. The fourth-order valence-corrected chi connectivity index (χ4v) is 2.66. The summed E-state index contributed by atoms with van der Waals surface area (Å²) in [4.78, 5) is 0. The van der Waals surface area contributed by atoms with Gasteiger partial charge in [-0.05, 0) is 30.0 Å². The minimum atomic E-state index is 0.558. The molecule has 0 aliphatic heterocycles. The molecule has 1 aromatic carbocycles. The van der Waals surface area contributed by atoms with Gasteiger partial charge >= 0.3 is 0 Å². The van der Waals surface area contributed by atoms with Gasteiger partial charge in [0.05, 0.1) is 5.69 Å². The Morgan fingerprint density at radius 1 is 1.19 bits per heavy atom. The van der Waals surface area contributed by atoms with Gasteiger partial charge < -0.3 is 5.32 Å². The lowest BCUT2D eigenvalue weighted by atomic mass is 10.0. The van der Waals surface area contributed by atoms with Crippen LogP contribution in [0.3, 0.4) is 0 Å². The summed E-state index contributed by atoms with van der Waals surface area (Å²) in [5.74, 6) is 0.558. The average molecular weight is 345 g/mol. The van der Waals surface area contributed by atoms with Crippen molar-refractivity contribution in [2.24, 2.45) is 0 Å². The summed E-state index contributed by atoms with van der Waals surface area (Å²) in [5, 5.41) is 21.1. The smallest absolute Gasteiger partial charge is 0.167 e. The molecule has 5 heteroatoms. The molecule has 0 saturated heterocycles. The highest BCUT2D eigenvalue weighted by molar-refractivity contribution is 9.10. The van der Waals surface area contributed by atoms with E-state index in [2.05, 4.69) is 37.5 Å². The van der Waals surface area contributed by atoms with Gasteiger partial charge in [-0.1, -0.05) is 48.0 Å². The molecule has 0 radical (unpaired) electrons. The maximum Gasteiger partial charge on any atom is 0.167 e. The number of benzene rings is 1. The second kappa shape index (κ2) is 7.19. The molecule has 0 bridgehead atoms. The van der Waals surface area contributed by atoms with Crippen LogP contribution in [0.4, 0.5) is 5.82 Å². The Labute approximate surface area is 133 Å². The molecule has 0 unspecified atom stereocenters. The number of rotatable bonds is 5. The highest BCUT2D eigenvalue weighted by Crippen LogP contribution is 2.22. The molecule has 1 aromatic heterocycles. The van der Waals surface area contributed by atoms with Crippen molar-refractivity contribution in [2.75, 3.05) is 5.32 Å². The standard InChI is InChI=1S/C16H17BrN4/c1-3-12-13(9-18)16(21-20-15(12)4-2)19-10-11-7-5-6-8-14(11)17/h5-8H,3-4,10H2,1-2H3,(H,19,21). The van der Waals surface area contributed by atoms with Crippen molar-refractivity contribution in [3.05, 3.63) is 51.1 Å². The number of hydrogen-bond donors (Lipinski definition) is 1. The third-order valence-electron chi connectivity index (χ3n) is 3.36. The molecular weight excluding hydrogens is 328 g/mol. The van der Waals surface area contributed by atoms with E-state index in [-0.39, 0.29) is 0 Å². The predicted molar refractivity (Wildman–Crippen MR) is 87.0 cm³/mol. The third-order valence-corrected chi connectivity index (χ3v) is 4.14. The molecular formula is C16H17BrN4. The van der Waals surface area contributed by atoms with Crippen LogP contribution in [-0.2, 0) is 19.4 Å². The number of nitriles is 1. The lowest BCUT2D eigenvalue weighted by molar-refractivity contribution is 0.869. The van der Waals surface area contributed by atoms with Crippen LogP contribution in [0.1, 0.15) is 36.2 Å². The molecule has 0 fully saturated rings. The maximum atomic E-state index is 9.44. The van der Waals surface area contributed by atoms with Crippen LogP contribution in [0.25, 0.3) is 0 Å². The van der Waals surface area contributed by atoms with Crippen molar-refractivity contribution < 1.29 is 0 Å². The number of nitrogens with one attached hydrogen (secondary N) is 1. The molecule has 1 heterocycles. The van der Waals surface area contributed by atoms with Gasteiger partial charge in [0.25, 0.3) is 0 Å². The molecule has 2 rings (SSSR count).